The summed E-state index contributed by atoms with van der Waals surface area (Å²) in [6.45, 7) is 1.49. The minimum absolute atomic E-state index is 0.139. The molecule has 0 atom stereocenters. The molecule has 5 nitrogen and oxygen atoms in total. The van der Waals surface area contributed by atoms with Crippen LogP contribution in [0.1, 0.15) is 36.7 Å². The smallest absolute Gasteiger partial charge is 0.268 e. The lowest BCUT2D eigenvalue weighted by Crippen LogP contribution is -2.30. The number of anilines is 1. The Morgan fingerprint density at radius 2 is 1.44 bits per heavy atom. The van der Waals surface area contributed by atoms with E-state index in [1.54, 1.807) is 31.3 Å². The fraction of sp³-hybridized carbons (Fsp3) is 0.143. The van der Waals surface area contributed by atoms with Gasteiger partial charge in [-0.2, -0.15) is 0 Å². The van der Waals surface area contributed by atoms with Crippen LogP contribution >= 0.6 is 11.3 Å². The fourth-order valence-corrected chi connectivity index (χ4v) is 4.22. The molecule has 3 aromatic carbocycles. The van der Waals surface area contributed by atoms with Gasteiger partial charge >= 0.3 is 0 Å². The zero-order valence-electron chi connectivity index (χ0n) is 18.9. The van der Waals surface area contributed by atoms with Crippen molar-refractivity contribution in [3.8, 4) is 0 Å². The Morgan fingerprint density at radius 3 is 2.15 bits per heavy atom. The molecule has 0 bridgehead atoms. The largest absolute Gasteiger partial charge is 0.372 e. The van der Waals surface area contributed by atoms with Gasteiger partial charge in [0.05, 0.1) is 29.3 Å². The number of para-hydroxylation sites is 1. The number of nitrogens with one attached hydrogen (secondary N) is 1. The number of rotatable bonds is 9. The second-order valence-electron chi connectivity index (χ2n) is 7.84. The number of amides is 2. The maximum Gasteiger partial charge on any atom is 0.268 e. The SMILES string of the molecule is CN(C(=O)c1cccs1)c1ccccc1C(=O)NCc1ccc(COCc2ccccc2)cc1. The Balaban J connectivity index is 1.33. The monoisotopic (exact) mass is 470 g/mol. The number of benzene rings is 3. The van der Waals surface area contributed by atoms with Gasteiger partial charge in [-0.1, -0.05) is 72.8 Å². The van der Waals surface area contributed by atoms with Crippen molar-refractivity contribution in [2.45, 2.75) is 19.8 Å². The Labute approximate surface area is 203 Å². The van der Waals surface area contributed by atoms with E-state index in [0.717, 1.165) is 16.7 Å². The minimum Gasteiger partial charge on any atom is -0.372 e. The number of carbonyl (C=O) groups excluding carboxylic acids is 2. The highest BCUT2D eigenvalue weighted by molar-refractivity contribution is 7.12. The summed E-state index contributed by atoms with van der Waals surface area (Å²) >= 11 is 1.38. The van der Waals surface area contributed by atoms with Gasteiger partial charge in [-0.05, 0) is 40.3 Å². The normalized spacial score (nSPS) is 10.6. The summed E-state index contributed by atoms with van der Waals surface area (Å²) in [5, 5.41) is 4.82. The van der Waals surface area contributed by atoms with Crippen LogP contribution in [0.3, 0.4) is 0 Å². The molecular formula is C28H26N2O3S. The van der Waals surface area contributed by atoms with Crippen LogP contribution in [0.4, 0.5) is 5.69 Å². The minimum atomic E-state index is -0.225. The van der Waals surface area contributed by atoms with E-state index in [-0.39, 0.29) is 11.8 Å². The van der Waals surface area contributed by atoms with Crippen molar-refractivity contribution >= 4 is 28.8 Å². The van der Waals surface area contributed by atoms with E-state index in [9.17, 15) is 9.59 Å². The summed E-state index contributed by atoms with van der Waals surface area (Å²) in [7, 11) is 1.69. The topological polar surface area (TPSA) is 58.6 Å². The van der Waals surface area contributed by atoms with Gasteiger partial charge in [0.1, 0.15) is 0 Å². The zero-order chi connectivity index (χ0) is 23.8. The molecule has 6 heteroatoms. The number of hydrogen-bond acceptors (Lipinski definition) is 4. The van der Waals surface area contributed by atoms with Crippen LogP contribution in [0.2, 0.25) is 0 Å². The fourth-order valence-electron chi connectivity index (χ4n) is 3.52. The lowest BCUT2D eigenvalue weighted by molar-refractivity contribution is 0.0951. The van der Waals surface area contributed by atoms with E-state index in [2.05, 4.69) is 5.32 Å². The van der Waals surface area contributed by atoms with Crippen LogP contribution < -0.4 is 10.2 Å². The highest BCUT2D eigenvalue weighted by Gasteiger charge is 2.20. The van der Waals surface area contributed by atoms with E-state index in [1.165, 1.54) is 16.2 Å². The molecule has 0 saturated carbocycles. The van der Waals surface area contributed by atoms with Crippen LogP contribution in [0.25, 0.3) is 0 Å². The first-order valence-corrected chi connectivity index (χ1v) is 11.9. The molecule has 172 valence electrons. The maximum atomic E-state index is 12.9. The summed E-state index contributed by atoms with van der Waals surface area (Å²) < 4.78 is 5.78. The van der Waals surface area contributed by atoms with Crippen molar-refractivity contribution in [3.63, 3.8) is 0 Å². The Kier molecular flexibility index (Phi) is 7.86. The van der Waals surface area contributed by atoms with E-state index >= 15 is 0 Å². The highest BCUT2D eigenvalue weighted by Crippen LogP contribution is 2.23. The van der Waals surface area contributed by atoms with Gasteiger partial charge in [0, 0.05) is 13.6 Å². The van der Waals surface area contributed by atoms with E-state index in [4.69, 9.17) is 4.74 Å². The molecule has 0 unspecified atom stereocenters. The third-order valence-corrected chi connectivity index (χ3v) is 6.26. The van der Waals surface area contributed by atoms with Crippen LogP contribution in [-0.2, 0) is 24.5 Å². The van der Waals surface area contributed by atoms with Crippen LogP contribution in [0.15, 0.2) is 96.4 Å². The first-order valence-electron chi connectivity index (χ1n) is 11.0. The molecule has 0 radical (unpaired) electrons. The number of nitrogens with zero attached hydrogens (tertiary/aromatic N) is 1. The molecule has 0 aliphatic heterocycles. The maximum absolute atomic E-state index is 12.9. The van der Waals surface area contributed by atoms with Crippen LogP contribution in [0.5, 0.6) is 0 Å². The molecule has 1 aromatic heterocycles. The van der Waals surface area contributed by atoms with Gasteiger partial charge in [-0.25, -0.2) is 0 Å². The molecule has 2 amide bonds. The number of hydrogen-bond donors (Lipinski definition) is 1. The van der Waals surface area contributed by atoms with Crippen molar-refractivity contribution in [1.82, 2.24) is 5.32 Å². The van der Waals surface area contributed by atoms with Crippen molar-refractivity contribution in [3.05, 3.63) is 124 Å². The first kappa shape index (κ1) is 23.4. The third-order valence-electron chi connectivity index (χ3n) is 5.40. The summed E-state index contributed by atoms with van der Waals surface area (Å²) in [6.07, 6.45) is 0. The Hall–Kier alpha value is -3.74. The van der Waals surface area contributed by atoms with E-state index in [1.807, 2.05) is 72.1 Å². The second-order valence-corrected chi connectivity index (χ2v) is 8.78. The van der Waals surface area contributed by atoms with E-state index in [0.29, 0.717) is 35.9 Å². The quantitative estimate of drug-likeness (QED) is 0.343. The molecule has 0 spiro atoms. The summed E-state index contributed by atoms with van der Waals surface area (Å²) in [4.78, 5) is 27.8. The van der Waals surface area contributed by atoms with Crippen molar-refractivity contribution < 1.29 is 14.3 Å². The molecule has 4 rings (SSSR count). The van der Waals surface area contributed by atoms with Gasteiger partial charge in [0.25, 0.3) is 11.8 Å². The number of ether oxygens (including phenoxy) is 1. The van der Waals surface area contributed by atoms with Crippen molar-refractivity contribution in [2.24, 2.45) is 0 Å². The summed E-state index contributed by atoms with van der Waals surface area (Å²) in [6, 6.07) is 28.8. The van der Waals surface area contributed by atoms with Crippen LogP contribution in [0, 0.1) is 0 Å². The Bertz CT molecular complexity index is 1220. The molecule has 0 saturated heterocycles. The van der Waals surface area contributed by atoms with Gasteiger partial charge in [0.15, 0.2) is 0 Å². The van der Waals surface area contributed by atoms with Gasteiger partial charge in [-0.15, -0.1) is 11.3 Å². The average molecular weight is 471 g/mol. The average Bonchev–Trinajstić information content (AvgIpc) is 3.43. The second kappa shape index (κ2) is 11.4. The van der Waals surface area contributed by atoms with Crippen LogP contribution in [-0.4, -0.2) is 18.9 Å². The Morgan fingerprint density at radius 1 is 0.794 bits per heavy atom. The summed E-state index contributed by atoms with van der Waals surface area (Å²) in [5.74, 6) is -0.364. The van der Waals surface area contributed by atoms with Gasteiger partial charge in [0.2, 0.25) is 0 Å². The molecule has 1 N–H and O–H groups in total. The van der Waals surface area contributed by atoms with Gasteiger partial charge < -0.3 is 15.0 Å². The highest BCUT2D eigenvalue weighted by atomic mass is 32.1. The lowest BCUT2D eigenvalue weighted by atomic mass is 10.1. The zero-order valence-corrected chi connectivity index (χ0v) is 19.8. The third kappa shape index (κ3) is 5.98. The predicted octanol–water partition coefficient (Wildman–Crippen LogP) is 5.67. The standard InChI is InChI=1S/C28H26N2O3S/c1-30(28(32)26-12-7-17-34-26)25-11-6-5-10-24(25)27(31)29-18-21-13-15-23(16-14-21)20-33-19-22-8-3-2-4-9-22/h2-17H,18-20H2,1H3,(H,29,31). The molecule has 0 aliphatic carbocycles. The first-order chi connectivity index (χ1) is 16.6. The molecule has 1 heterocycles. The lowest BCUT2D eigenvalue weighted by Gasteiger charge is -2.20. The van der Waals surface area contributed by atoms with Gasteiger partial charge in [-0.3, -0.25) is 9.59 Å². The molecule has 34 heavy (non-hydrogen) atoms. The predicted molar refractivity (Wildman–Crippen MR) is 136 cm³/mol. The molecular weight excluding hydrogens is 444 g/mol. The molecule has 4 aromatic rings. The number of carbonyl (C=O) groups is 2. The molecule has 0 fully saturated rings. The summed E-state index contributed by atoms with van der Waals surface area (Å²) in [5.41, 5.74) is 4.24. The van der Waals surface area contributed by atoms with Crippen molar-refractivity contribution in [2.75, 3.05) is 11.9 Å². The van der Waals surface area contributed by atoms with Crippen molar-refractivity contribution in [1.29, 1.82) is 0 Å². The molecule has 0 aliphatic rings. The van der Waals surface area contributed by atoms with E-state index < -0.39 is 0 Å². The number of thiophene rings is 1.